The number of likely N-dealkylation sites (tertiary alicyclic amines) is 1. The minimum absolute atomic E-state index is 0.116. The molecule has 4 N–H and O–H groups in total. The maximum atomic E-state index is 14.5. The first-order valence-electron chi connectivity index (χ1n) is 16.9. The molecule has 2 saturated carbocycles. The minimum Gasteiger partial charge on any atom is -0.444 e. The zero-order valence-corrected chi connectivity index (χ0v) is 30.3. The molecule has 12 nitrogen and oxygen atoms in total. The summed E-state index contributed by atoms with van der Waals surface area (Å²) in [7, 11) is -3.91. The molecule has 50 heavy (non-hydrogen) atoms. The Bertz CT molecular complexity index is 1760. The first kappa shape index (κ1) is 37.0. The summed E-state index contributed by atoms with van der Waals surface area (Å²) in [5, 5.41) is 16.9. The van der Waals surface area contributed by atoms with Gasteiger partial charge in [-0.1, -0.05) is 81.4 Å². The van der Waals surface area contributed by atoms with Gasteiger partial charge in [0.25, 0.3) is 5.91 Å². The molecule has 5 atom stereocenters. The van der Waals surface area contributed by atoms with Crippen molar-refractivity contribution in [3.63, 3.8) is 0 Å². The summed E-state index contributed by atoms with van der Waals surface area (Å²) < 4.78 is 32.9. The van der Waals surface area contributed by atoms with Gasteiger partial charge in [0.15, 0.2) is 0 Å². The standard InChI is InChI=1S/C37H48N4O8S/c1-8-25-20-37(25,32(44)40-50(47,48)27-18-19-27)39-30(42)28-21-36(46,26-16-14-24(15-17-26)23-12-10-9-11-13-23)22-41(28)31(43)29(34(2,3)4)38-33(45)49-35(5,6)7/h8-17,25,27-29,46H,1,18-22H2,2-7H3,(H,38,45)(H,39,42)(H,40,44)/t25?,28-,29+,36-,37+/m0/s1. The number of aliphatic hydroxyl groups is 1. The van der Waals surface area contributed by atoms with E-state index in [4.69, 9.17) is 4.74 Å². The van der Waals surface area contributed by atoms with E-state index in [0.717, 1.165) is 11.1 Å². The van der Waals surface area contributed by atoms with Crippen LogP contribution in [-0.2, 0) is 34.7 Å². The first-order valence-corrected chi connectivity index (χ1v) is 18.4. The maximum absolute atomic E-state index is 14.5. The summed E-state index contributed by atoms with van der Waals surface area (Å²) in [5.74, 6) is -2.80. The van der Waals surface area contributed by atoms with Gasteiger partial charge in [-0.05, 0) is 62.1 Å². The van der Waals surface area contributed by atoms with E-state index >= 15 is 0 Å². The van der Waals surface area contributed by atoms with Crippen molar-refractivity contribution < 1.29 is 37.4 Å². The molecule has 0 radical (unpaired) electrons. The van der Waals surface area contributed by atoms with Crippen LogP contribution in [0.1, 0.15) is 72.8 Å². The number of rotatable bonds is 10. The van der Waals surface area contributed by atoms with Crippen LogP contribution in [0.5, 0.6) is 0 Å². The van der Waals surface area contributed by atoms with Crippen LogP contribution in [0.15, 0.2) is 67.3 Å². The summed E-state index contributed by atoms with van der Waals surface area (Å²) in [6, 6.07) is 14.4. The van der Waals surface area contributed by atoms with Crippen molar-refractivity contribution >= 4 is 33.8 Å². The molecule has 13 heteroatoms. The van der Waals surface area contributed by atoms with Crippen molar-refractivity contribution in [1.29, 1.82) is 0 Å². The minimum atomic E-state index is -3.91. The van der Waals surface area contributed by atoms with Crippen LogP contribution in [0.2, 0.25) is 0 Å². The largest absolute Gasteiger partial charge is 0.444 e. The van der Waals surface area contributed by atoms with E-state index in [1.54, 1.807) is 53.7 Å². The molecule has 1 saturated heterocycles. The Balaban J connectivity index is 1.47. The van der Waals surface area contributed by atoms with E-state index in [1.807, 2.05) is 42.5 Å². The van der Waals surface area contributed by atoms with Crippen LogP contribution in [-0.4, -0.2) is 77.3 Å². The molecule has 1 unspecified atom stereocenters. The topological polar surface area (TPSA) is 171 Å². The number of amides is 4. The number of sulfonamides is 1. The van der Waals surface area contributed by atoms with E-state index < -0.39 is 79.2 Å². The Morgan fingerprint density at radius 3 is 2.08 bits per heavy atom. The predicted molar refractivity (Wildman–Crippen MR) is 188 cm³/mol. The molecular formula is C37H48N4O8S. The monoisotopic (exact) mass is 708 g/mol. The number of alkyl carbamates (subject to hydrolysis) is 1. The van der Waals surface area contributed by atoms with Gasteiger partial charge in [0, 0.05) is 12.3 Å². The zero-order valence-electron chi connectivity index (χ0n) is 29.5. The van der Waals surface area contributed by atoms with Gasteiger partial charge in [-0.15, -0.1) is 6.58 Å². The third kappa shape index (κ3) is 7.88. The molecule has 2 aromatic rings. The van der Waals surface area contributed by atoms with Gasteiger partial charge in [0.1, 0.15) is 28.8 Å². The number of benzene rings is 2. The number of ether oxygens (including phenoxy) is 1. The van der Waals surface area contributed by atoms with Gasteiger partial charge < -0.3 is 25.4 Å². The van der Waals surface area contributed by atoms with Crippen molar-refractivity contribution in [2.45, 2.75) is 101 Å². The third-order valence-electron chi connectivity index (χ3n) is 9.48. The quantitative estimate of drug-likeness (QED) is 0.271. The van der Waals surface area contributed by atoms with Crippen LogP contribution in [0.25, 0.3) is 11.1 Å². The SMILES string of the molecule is C=CC1C[C@]1(NC(=O)[C@@H]1C[C@@](O)(c2ccc(-c3ccccc3)cc2)CN1C(=O)[C@@H](NC(=O)OC(C)(C)C)C(C)(C)C)C(=O)NS(=O)(=O)C1CC1. The second-order valence-electron chi connectivity index (χ2n) is 15.8. The summed E-state index contributed by atoms with van der Waals surface area (Å²) in [5.41, 5.74) is -2.62. The molecule has 1 aliphatic heterocycles. The molecule has 0 spiro atoms. The molecule has 3 aliphatic rings. The van der Waals surface area contributed by atoms with Crippen LogP contribution in [0.3, 0.4) is 0 Å². The van der Waals surface area contributed by atoms with E-state index in [0.29, 0.717) is 18.4 Å². The number of nitrogens with one attached hydrogen (secondary N) is 3. The molecule has 5 rings (SSSR count). The van der Waals surface area contributed by atoms with Crippen LogP contribution in [0.4, 0.5) is 4.79 Å². The Morgan fingerprint density at radius 2 is 1.56 bits per heavy atom. The smallest absolute Gasteiger partial charge is 0.408 e. The second-order valence-corrected chi connectivity index (χ2v) is 17.7. The average Bonchev–Trinajstić information content (AvgIpc) is 3.96. The zero-order chi connectivity index (χ0) is 36.9. The highest BCUT2D eigenvalue weighted by Gasteiger charge is 2.62. The van der Waals surface area contributed by atoms with Crippen molar-refractivity contribution in [2.24, 2.45) is 11.3 Å². The third-order valence-corrected chi connectivity index (χ3v) is 11.3. The fourth-order valence-corrected chi connectivity index (χ4v) is 7.79. The van der Waals surface area contributed by atoms with Crippen LogP contribution in [0, 0.1) is 11.3 Å². The molecule has 0 bridgehead atoms. The summed E-state index contributed by atoms with van der Waals surface area (Å²) in [6.45, 7) is 13.8. The van der Waals surface area contributed by atoms with Gasteiger partial charge in [0.05, 0.1) is 11.8 Å². The van der Waals surface area contributed by atoms with E-state index in [1.165, 1.54) is 11.0 Å². The van der Waals surface area contributed by atoms with Gasteiger partial charge in [-0.25, -0.2) is 13.2 Å². The number of carbonyl (C=O) groups is 4. The molecule has 2 aromatic carbocycles. The van der Waals surface area contributed by atoms with E-state index in [2.05, 4.69) is 21.9 Å². The Hall–Kier alpha value is -4.23. The molecule has 2 aliphatic carbocycles. The van der Waals surface area contributed by atoms with Crippen molar-refractivity contribution in [1.82, 2.24) is 20.3 Å². The summed E-state index contributed by atoms with van der Waals surface area (Å²) >= 11 is 0. The fourth-order valence-electron chi connectivity index (χ4n) is 6.42. The molecule has 1 heterocycles. The molecule has 3 fully saturated rings. The lowest BCUT2D eigenvalue weighted by Crippen LogP contribution is -2.60. The highest BCUT2D eigenvalue weighted by molar-refractivity contribution is 7.91. The molecule has 270 valence electrons. The molecule has 4 amide bonds. The lowest BCUT2D eigenvalue weighted by molar-refractivity contribution is -0.143. The van der Waals surface area contributed by atoms with E-state index in [-0.39, 0.29) is 19.4 Å². The number of hydrogen-bond acceptors (Lipinski definition) is 8. The summed E-state index contributed by atoms with van der Waals surface area (Å²) in [4.78, 5) is 56.3. The predicted octanol–water partition coefficient (Wildman–Crippen LogP) is 3.75. The number of carbonyl (C=O) groups excluding carboxylic acids is 4. The average molecular weight is 709 g/mol. The number of β-amino-alcohol motifs (C(OH)–C–C–N with tert-alkyl or cyclic N) is 1. The first-order chi connectivity index (χ1) is 23.2. The second kappa shape index (κ2) is 13.1. The van der Waals surface area contributed by atoms with Gasteiger partial charge in [-0.2, -0.15) is 0 Å². The highest BCUT2D eigenvalue weighted by Crippen LogP contribution is 2.46. The van der Waals surface area contributed by atoms with Crippen molar-refractivity contribution in [3.05, 3.63) is 72.8 Å². The van der Waals surface area contributed by atoms with Gasteiger partial charge in [-0.3, -0.25) is 19.1 Å². The Kier molecular flexibility index (Phi) is 9.74. The van der Waals surface area contributed by atoms with Crippen LogP contribution < -0.4 is 15.4 Å². The van der Waals surface area contributed by atoms with E-state index in [9.17, 15) is 32.7 Å². The molecule has 0 aromatic heterocycles. The van der Waals surface area contributed by atoms with Gasteiger partial charge in [0.2, 0.25) is 21.8 Å². The number of hydrogen-bond donors (Lipinski definition) is 4. The molecular weight excluding hydrogens is 660 g/mol. The Morgan fingerprint density at radius 1 is 0.960 bits per heavy atom. The highest BCUT2D eigenvalue weighted by atomic mass is 32.2. The van der Waals surface area contributed by atoms with Crippen molar-refractivity contribution in [2.75, 3.05) is 6.54 Å². The number of nitrogens with zero attached hydrogens (tertiary/aromatic N) is 1. The normalized spacial score (nSPS) is 25.6. The lowest BCUT2D eigenvalue weighted by Gasteiger charge is -2.36. The Labute approximate surface area is 294 Å². The summed E-state index contributed by atoms with van der Waals surface area (Å²) in [6.07, 6.45) is 1.44. The van der Waals surface area contributed by atoms with Crippen molar-refractivity contribution in [3.8, 4) is 11.1 Å². The van der Waals surface area contributed by atoms with Crippen LogP contribution >= 0.6 is 0 Å². The maximum Gasteiger partial charge on any atom is 0.408 e. The fraction of sp³-hybridized carbons (Fsp3) is 0.514. The van der Waals surface area contributed by atoms with Gasteiger partial charge >= 0.3 is 6.09 Å². The lowest BCUT2D eigenvalue weighted by atomic mass is 9.85.